The molecule has 0 bridgehead atoms. The first-order valence-corrected chi connectivity index (χ1v) is 8.43. The number of nitrogens with zero attached hydrogens (tertiary/aromatic N) is 2. The molecule has 0 aromatic heterocycles. The molecule has 24 heavy (non-hydrogen) atoms. The third kappa shape index (κ3) is 6.28. The molecular formula is C18H28N2O4. The van der Waals surface area contributed by atoms with E-state index in [9.17, 15) is 20.0 Å². The van der Waals surface area contributed by atoms with Gasteiger partial charge in [0, 0.05) is 30.3 Å². The van der Waals surface area contributed by atoms with Crippen LogP contribution < -0.4 is 0 Å². The molecule has 0 unspecified atom stereocenters. The number of hydrogen-bond acceptors (Lipinski definition) is 4. The number of carbonyl (C=O) groups excluding carboxylic acids is 1. The van der Waals surface area contributed by atoms with E-state index < -0.39 is 10.5 Å². The van der Waals surface area contributed by atoms with Crippen molar-refractivity contribution in [3.8, 4) is 0 Å². The molecule has 0 aliphatic heterocycles. The van der Waals surface area contributed by atoms with Crippen molar-refractivity contribution in [2.24, 2.45) is 0 Å². The molecule has 134 valence electrons. The van der Waals surface area contributed by atoms with Crippen LogP contribution in [-0.4, -0.2) is 39.0 Å². The molecule has 1 N–H and O–H groups in total. The Morgan fingerprint density at radius 1 is 1.29 bits per heavy atom. The zero-order valence-corrected chi connectivity index (χ0v) is 15.0. The highest BCUT2D eigenvalue weighted by Gasteiger charge is 2.27. The smallest absolute Gasteiger partial charge is 0.269 e. The van der Waals surface area contributed by atoms with Gasteiger partial charge in [0.05, 0.1) is 10.5 Å². The van der Waals surface area contributed by atoms with Crippen LogP contribution in [0.5, 0.6) is 0 Å². The minimum Gasteiger partial charge on any atom is -0.389 e. The summed E-state index contributed by atoms with van der Waals surface area (Å²) in [6.45, 7) is 7.66. The number of nitro groups is 1. The third-order valence-electron chi connectivity index (χ3n) is 3.90. The number of aliphatic hydroxyl groups is 1. The van der Waals surface area contributed by atoms with E-state index in [4.69, 9.17) is 0 Å². The van der Waals surface area contributed by atoms with Crippen LogP contribution in [0.3, 0.4) is 0 Å². The van der Waals surface area contributed by atoms with Gasteiger partial charge < -0.3 is 10.0 Å². The van der Waals surface area contributed by atoms with Crippen molar-refractivity contribution in [2.45, 2.75) is 65.0 Å². The fraction of sp³-hybridized carbons (Fsp3) is 0.611. The number of nitro benzene ring substituents is 1. The van der Waals surface area contributed by atoms with Gasteiger partial charge in [0.25, 0.3) is 11.6 Å². The summed E-state index contributed by atoms with van der Waals surface area (Å²) in [5.74, 6) is -0.212. The van der Waals surface area contributed by atoms with Gasteiger partial charge >= 0.3 is 0 Å². The topological polar surface area (TPSA) is 83.7 Å². The maximum Gasteiger partial charge on any atom is 0.269 e. The predicted molar refractivity (Wildman–Crippen MR) is 94.0 cm³/mol. The summed E-state index contributed by atoms with van der Waals surface area (Å²) in [7, 11) is 0. The quantitative estimate of drug-likeness (QED) is 0.422. The standard InChI is InChI=1S/C18H28N2O4/c1-5-6-7-8-14(2)19(13-18(3,4)22)17(21)15-9-11-16(12-10-15)20(23)24/h9-12,14,22H,5-8,13H2,1-4H3/t14-/m1/s1. The van der Waals surface area contributed by atoms with Gasteiger partial charge in [-0.15, -0.1) is 0 Å². The predicted octanol–water partition coefficient (Wildman–Crippen LogP) is 3.78. The summed E-state index contributed by atoms with van der Waals surface area (Å²) in [6, 6.07) is 5.59. The minimum atomic E-state index is -1.00. The van der Waals surface area contributed by atoms with Crippen LogP contribution in [0.25, 0.3) is 0 Å². The Hall–Kier alpha value is -1.95. The van der Waals surface area contributed by atoms with E-state index >= 15 is 0 Å². The van der Waals surface area contributed by atoms with Gasteiger partial charge in [-0.1, -0.05) is 26.2 Å². The third-order valence-corrected chi connectivity index (χ3v) is 3.90. The second kappa shape index (κ2) is 8.78. The molecule has 1 atom stereocenters. The van der Waals surface area contributed by atoms with Gasteiger partial charge in [-0.3, -0.25) is 14.9 Å². The van der Waals surface area contributed by atoms with E-state index in [1.165, 1.54) is 24.3 Å². The van der Waals surface area contributed by atoms with Crippen LogP contribution in [0, 0.1) is 10.1 Å². The molecule has 0 fully saturated rings. The molecule has 0 aliphatic rings. The van der Waals surface area contributed by atoms with Gasteiger partial charge in [0.1, 0.15) is 0 Å². The van der Waals surface area contributed by atoms with E-state index in [-0.39, 0.29) is 24.2 Å². The van der Waals surface area contributed by atoms with Crippen molar-refractivity contribution in [3.63, 3.8) is 0 Å². The summed E-state index contributed by atoms with van der Waals surface area (Å²) in [5.41, 5.74) is -0.654. The lowest BCUT2D eigenvalue weighted by Crippen LogP contribution is -2.46. The number of carbonyl (C=O) groups is 1. The Balaban J connectivity index is 2.95. The molecule has 0 spiro atoms. The normalized spacial score (nSPS) is 12.7. The molecule has 0 heterocycles. The molecule has 0 aliphatic carbocycles. The molecular weight excluding hydrogens is 308 g/mol. The second-order valence-corrected chi connectivity index (χ2v) is 6.89. The van der Waals surface area contributed by atoms with Crippen LogP contribution in [0.2, 0.25) is 0 Å². The molecule has 1 aromatic carbocycles. The second-order valence-electron chi connectivity index (χ2n) is 6.89. The first kappa shape index (κ1) is 20.1. The van der Waals surface area contributed by atoms with Gasteiger partial charge in [0.2, 0.25) is 0 Å². The average Bonchev–Trinajstić information content (AvgIpc) is 2.51. The van der Waals surface area contributed by atoms with E-state index in [0.29, 0.717) is 5.56 Å². The van der Waals surface area contributed by atoms with Crippen LogP contribution in [0.1, 0.15) is 63.7 Å². The van der Waals surface area contributed by atoms with Crippen molar-refractivity contribution in [1.82, 2.24) is 4.90 Å². The van der Waals surface area contributed by atoms with Crippen molar-refractivity contribution in [3.05, 3.63) is 39.9 Å². The minimum absolute atomic E-state index is 0.00864. The van der Waals surface area contributed by atoms with Crippen molar-refractivity contribution in [2.75, 3.05) is 6.54 Å². The highest BCUT2D eigenvalue weighted by molar-refractivity contribution is 5.94. The molecule has 1 aromatic rings. The Morgan fingerprint density at radius 2 is 1.88 bits per heavy atom. The Labute approximate surface area is 143 Å². The average molecular weight is 336 g/mol. The number of unbranched alkanes of at least 4 members (excludes halogenated alkanes) is 2. The fourth-order valence-electron chi connectivity index (χ4n) is 2.58. The lowest BCUT2D eigenvalue weighted by atomic mass is 10.0. The summed E-state index contributed by atoms with van der Waals surface area (Å²) in [4.78, 5) is 24.7. The van der Waals surface area contributed by atoms with Crippen molar-refractivity contribution < 1.29 is 14.8 Å². The number of hydrogen-bond donors (Lipinski definition) is 1. The largest absolute Gasteiger partial charge is 0.389 e. The summed E-state index contributed by atoms with van der Waals surface area (Å²) in [6.07, 6.45) is 4.09. The summed E-state index contributed by atoms with van der Waals surface area (Å²) >= 11 is 0. The first-order chi connectivity index (χ1) is 11.2. The van der Waals surface area contributed by atoms with Crippen LogP contribution in [0.4, 0.5) is 5.69 Å². The monoisotopic (exact) mass is 336 g/mol. The Kier molecular flexibility index (Phi) is 7.35. The molecule has 6 nitrogen and oxygen atoms in total. The molecule has 0 saturated carbocycles. The lowest BCUT2D eigenvalue weighted by Gasteiger charge is -2.34. The van der Waals surface area contributed by atoms with Crippen LogP contribution >= 0.6 is 0 Å². The van der Waals surface area contributed by atoms with Crippen molar-refractivity contribution in [1.29, 1.82) is 0 Å². The van der Waals surface area contributed by atoms with Crippen LogP contribution in [-0.2, 0) is 0 Å². The SMILES string of the molecule is CCCCC[C@@H](C)N(CC(C)(C)O)C(=O)c1ccc([N+](=O)[O-])cc1. The van der Waals surface area contributed by atoms with Gasteiger partial charge in [-0.2, -0.15) is 0 Å². The summed E-state index contributed by atoms with van der Waals surface area (Å²) in [5, 5.41) is 20.9. The van der Waals surface area contributed by atoms with E-state index in [2.05, 4.69) is 6.92 Å². The lowest BCUT2D eigenvalue weighted by molar-refractivity contribution is -0.384. The van der Waals surface area contributed by atoms with Gasteiger partial charge in [-0.05, 0) is 39.3 Å². The maximum atomic E-state index is 12.8. The van der Waals surface area contributed by atoms with Crippen LogP contribution in [0.15, 0.2) is 24.3 Å². The Morgan fingerprint density at radius 3 is 2.33 bits per heavy atom. The molecule has 1 amide bonds. The highest BCUT2D eigenvalue weighted by atomic mass is 16.6. The molecule has 0 saturated heterocycles. The van der Waals surface area contributed by atoms with Gasteiger partial charge in [0.15, 0.2) is 0 Å². The number of rotatable bonds is 9. The van der Waals surface area contributed by atoms with E-state index in [0.717, 1.165) is 25.7 Å². The Bertz CT molecular complexity index is 549. The zero-order chi connectivity index (χ0) is 18.3. The maximum absolute atomic E-state index is 12.8. The van der Waals surface area contributed by atoms with Gasteiger partial charge in [-0.25, -0.2) is 0 Å². The zero-order valence-electron chi connectivity index (χ0n) is 15.0. The molecule has 1 rings (SSSR count). The fourth-order valence-corrected chi connectivity index (χ4v) is 2.58. The van der Waals surface area contributed by atoms with Crippen molar-refractivity contribution >= 4 is 11.6 Å². The number of amides is 1. The van der Waals surface area contributed by atoms with E-state index in [1.807, 2.05) is 6.92 Å². The van der Waals surface area contributed by atoms with E-state index in [1.54, 1.807) is 18.7 Å². The first-order valence-electron chi connectivity index (χ1n) is 8.43. The molecule has 0 radical (unpaired) electrons. The summed E-state index contributed by atoms with van der Waals surface area (Å²) < 4.78 is 0. The highest BCUT2D eigenvalue weighted by Crippen LogP contribution is 2.19. The number of benzene rings is 1. The number of non-ortho nitro benzene ring substituents is 1. The molecule has 6 heteroatoms.